The highest BCUT2D eigenvalue weighted by Gasteiger charge is 2.15. The van der Waals surface area contributed by atoms with Crippen molar-refractivity contribution in [3.8, 4) is 0 Å². The fourth-order valence-electron chi connectivity index (χ4n) is 3.21. The van der Waals surface area contributed by atoms with Gasteiger partial charge in [0.15, 0.2) is 11.5 Å². The summed E-state index contributed by atoms with van der Waals surface area (Å²) < 4.78 is 18.8. The number of benzene rings is 1. The number of ether oxygens (including phenoxy) is 1. The van der Waals surface area contributed by atoms with E-state index in [-0.39, 0.29) is 18.1 Å². The van der Waals surface area contributed by atoms with Crippen molar-refractivity contribution in [1.29, 1.82) is 0 Å². The summed E-state index contributed by atoms with van der Waals surface area (Å²) in [5.74, 6) is 0.753. The number of nitrogens with one attached hydrogen (secondary N) is 2. The lowest BCUT2D eigenvalue weighted by atomic mass is 10.2. The summed E-state index contributed by atoms with van der Waals surface area (Å²) in [4.78, 5) is 18.5. The molecule has 0 radical (unpaired) electrons. The molecular weight excluding hydrogens is 401 g/mol. The van der Waals surface area contributed by atoms with Crippen molar-refractivity contribution < 1.29 is 13.9 Å². The number of pyridine rings is 1. The molecule has 0 spiro atoms. The molecule has 0 saturated carbocycles. The van der Waals surface area contributed by atoms with E-state index in [1.54, 1.807) is 18.2 Å². The quantitative estimate of drug-likeness (QED) is 0.530. The van der Waals surface area contributed by atoms with Crippen LogP contribution in [0.1, 0.15) is 16.1 Å². The van der Waals surface area contributed by atoms with Gasteiger partial charge in [0.2, 0.25) is 0 Å². The maximum absolute atomic E-state index is 13.4. The molecule has 0 bridgehead atoms. The van der Waals surface area contributed by atoms with Gasteiger partial charge in [0.1, 0.15) is 17.5 Å². The summed E-state index contributed by atoms with van der Waals surface area (Å²) in [5, 5.41) is 14.1. The van der Waals surface area contributed by atoms with Gasteiger partial charge in [-0.3, -0.25) is 4.79 Å². The third-order valence-electron chi connectivity index (χ3n) is 4.72. The zero-order chi connectivity index (χ0) is 21.6. The van der Waals surface area contributed by atoms with Crippen molar-refractivity contribution in [2.24, 2.45) is 5.73 Å². The molecular formula is C21H22FN7O2. The number of morpholine rings is 1. The van der Waals surface area contributed by atoms with Gasteiger partial charge in [-0.2, -0.15) is 0 Å². The first-order chi connectivity index (χ1) is 15.1. The summed E-state index contributed by atoms with van der Waals surface area (Å²) in [6.45, 7) is 3.17. The number of primary amides is 1. The van der Waals surface area contributed by atoms with Crippen LogP contribution in [0.15, 0.2) is 48.5 Å². The van der Waals surface area contributed by atoms with Crippen molar-refractivity contribution in [1.82, 2.24) is 15.2 Å². The van der Waals surface area contributed by atoms with Gasteiger partial charge in [-0.25, -0.2) is 9.37 Å². The number of amides is 1. The summed E-state index contributed by atoms with van der Waals surface area (Å²) in [7, 11) is 0. The highest BCUT2D eigenvalue weighted by molar-refractivity contribution is 5.96. The Morgan fingerprint density at radius 3 is 2.68 bits per heavy atom. The number of nitrogens with zero attached hydrogens (tertiary/aromatic N) is 4. The van der Waals surface area contributed by atoms with Gasteiger partial charge >= 0.3 is 0 Å². The Labute approximate surface area is 178 Å². The molecule has 10 heteroatoms. The van der Waals surface area contributed by atoms with Gasteiger partial charge in [-0.1, -0.05) is 18.2 Å². The number of hydrogen-bond acceptors (Lipinski definition) is 8. The first-order valence-electron chi connectivity index (χ1n) is 9.81. The van der Waals surface area contributed by atoms with Crippen LogP contribution in [-0.4, -0.2) is 47.4 Å². The second-order valence-electron chi connectivity index (χ2n) is 6.95. The molecule has 31 heavy (non-hydrogen) atoms. The van der Waals surface area contributed by atoms with Crippen LogP contribution in [-0.2, 0) is 11.3 Å². The molecule has 1 amide bonds. The monoisotopic (exact) mass is 423 g/mol. The molecule has 9 nitrogen and oxygen atoms in total. The van der Waals surface area contributed by atoms with Crippen molar-refractivity contribution in [2.75, 3.05) is 41.8 Å². The highest BCUT2D eigenvalue weighted by Crippen LogP contribution is 2.22. The second kappa shape index (κ2) is 9.35. The molecule has 1 aromatic carbocycles. The number of aromatic nitrogens is 3. The second-order valence-corrected chi connectivity index (χ2v) is 6.95. The first-order valence-corrected chi connectivity index (χ1v) is 9.81. The zero-order valence-corrected chi connectivity index (χ0v) is 16.7. The molecule has 4 rings (SSSR count). The van der Waals surface area contributed by atoms with Gasteiger partial charge < -0.3 is 26.0 Å². The van der Waals surface area contributed by atoms with E-state index in [2.05, 4.69) is 30.7 Å². The van der Waals surface area contributed by atoms with E-state index >= 15 is 0 Å². The summed E-state index contributed by atoms with van der Waals surface area (Å²) >= 11 is 0. The predicted molar refractivity (Wildman–Crippen MR) is 115 cm³/mol. The Kier molecular flexibility index (Phi) is 6.18. The van der Waals surface area contributed by atoms with Crippen LogP contribution in [0.4, 0.5) is 27.5 Å². The summed E-state index contributed by atoms with van der Waals surface area (Å²) in [5.41, 5.74) is 6.52. The Morgan fingerprint density at radius 1 is 1.10 bits per heavy atom. The maximum atomic E-state index is 13.4. The number of carbonyl (C=O) groups excluding carboxylic acids is 1. The number of rotatable bonds is 7. The molecule has 1 fully saturated rings. The van der Waals surface area contributed by atoms with Crippen LogP contribution >= 0.6 is 0 Å². The van der Waals surface area contributed by atoms with Crippen molar-refractivity contribution >= 4 is 29.0 Å². The first kappa shape index (κ1) is 20.5. The number of nitrogens with two attached hydrogens (primary N) is 1. The summed E-state index contributed by atoms with van der Waals surface area (Å²) in [6, 6.07) is 13.4. The lowest BCUT2D eigenvalue weighted by Gasteiger charge is -2.28. The molecule has 1 saturated heterocycles. The maximum Gasteiger partial charge on any atom is 0.271 e. The zero-order valence-electron chi connectivity index (χ0n) is 16.7. The molecule has 3 heterocycles. The normalized spacial score (nSPS) is 13.6. The fraction of sp³-hybridized carbons (Fsp3) is 0.238. The SMILES string of the molecule is NC(=O)c1nnc(Nc2cccc(N3CCOCC3)n2)cc1NCc1cccc(F)c1. The minimum atomic E-state index is -0.715. The summed E-state index contributed by atoms with van der Waals surface area (Å²) in [6.07, 6.45) is 0. The van der Waals surface area contributed by atoms with E-state index in [4.69, 9.17) is 10.5 Å². The average Bonchev–Trinajstić information content (AvgIpc) is 2.78. The molecule has 0 aliphatic carbocycles. The van der Waals surface area contributed by atoms with Crippen molar-refractivity contribution in [3.63, 3.8) is 0 Å². The van der Waals surface area contributed by atoms with Crippen LogP contribution in [0.2, 0.25) is 0 Å². The van der Waals surface area contributed by atoms with E-state index in [0.29, 0.717) is 36.1 Å². The van der Waals surface area contributed by atoms with E-state index < -0.39 is 5.91 Å². The van der Waals surface area contributed by atoms with Crippen molar-refractivity contribution in [2.45, 2.75) is 6.54 Å². The van der Waals surface area contributed by atoms with Crippen molar-refractivity contribution in [3.05, 3.63) is 65.6 Å². The Balaban J connectivity index is 1.52. The minimum absolute atomic E-state index is 0.00280. The van der Waals surface area contributed by atoms with Crippen LogP contribution in [0.5, 0.6) is 0 Å². The van der Waals surface area contributed by atoms with Gasteiger partial charge in [0.25, 0.3) is 5.91 Å². The number of anilines is 4. The number of carbonyl (C=O) groups is 1. The smallest absolute Gasteiger partial charge is 0.271 e. The Bertz CT molecular complexity index is 1070. The lowest BCUT2D eigenvalue weighted by Crippen LogP contribution is -2.36. The molecule has 160 valence electrons. The third kappa shape index (κ3) is 5.23. The van der Waals surface area contributed by atoms with Gasteiger partial charge in [-0.15, -0.1) is 10.2 Å². The molecule has 1 aliphatic heterocycles. The van der Waals surface area contributed by atoms with Gasteiger partial charge in [0.05, 0.1) is 18.9 Å². The van der Waals surface area contributed by atoms with E-state index in [0.717, 1.165) is 18.9 Å². The van der Waals surface area contributed by atoms with Crippen LogP contribution in [0, 0.1) is 5.82 Å². The van der Waals surface area contributed by atoms with Crippen LogP contribution < -0.4 is 21.3 Å². The molecule has 1 aliphatic rings. The third-order valence-corrected chi connectivity index (χ3v) is 4.72. The minimum Gasteiger partial charge on any atom is -0.379 e. The molecule has 3 aromatic rings. The average molecular weight is 423 g/mol. The van der Waals surface area contributed by atoms with E-state index in [9.17, 15) is 9.18 Å². The molecule has 0 unspecified atom stereocenters. The molecule has 2 aromatic heterocycles. The standard InChI is InChI=1S/C21H22FN7O2/c22-15-4-1-3-14(11-15)13-24-16-12-18(27-28-20(16)21(23)30)25-17-5-2-6-19(26-17)29-7-9-31-10-8-29/h1-6,11-12H,7-10,13H2,(H2,23,30)(H2,24,25,26,27). The lowest BCUT2D eigenvalue weighted by molar-refractivity contribution is 0.0995. The van der Waals surface area contributed by atoms with E-state index in [1.165, 1.54) is 12.1 Å². The Morgan fingerprint density at radius 2 is 1.90 bits per heavy atom. The predicted octanol–water partition coefficient (Wildman–Crippen LogP) is 2.30. The van der Waals surface area contributed by atoms with E-state index in [1.807, 2.05) is 18.2 Å². The highest BCUT2D eigenvalue weighted by atomic mass is 19.1. The number of halogens is 1. The number of hydrogen-bond donors (Lipinski definition) is 3. The topological polar surface area (TPSA) is 118 Å². The fourth-order valence-corrected chi connectivity index (χ4v) is 3.21. The molecule has 0 atom stereocenters. The molecule has 4 N–H and O–H groups in total. The van der Waals surface area contributed by atoms with Gasteiger partial charge in [0, 0.05) is 25.7 Å². The van der Waals surface area contributed by atoms with Crippen LogP contribution in [0.3, 0.4) is 0 Å². The Hall–Kier alpha value is -3.79. The van der Waals surface area contributed by atoms with Crippen LogP contribution in [0.25, 0.3) is 0 Å². The van der Waals surface area contributed by atoms with Gasteiger partial charge in [-0.05, 0) is 29.8 Å². The largest absolute Gasteiger partial charge is 0.379 e.